The van der Waals surface area contributed by atoms with Crippen molar-refractivity contribution >= 4 is 29.0 Å². The lowest BCUT2D eigenvalue weighted by atomic mass is 9.86. The van der Waals surface area contributed by atoms with E-state index in [1.54, 1.807) is 35.2 Å². The van der Waals surface area contributed by atoms with Crippen LogP contribution in [0.4, 0.5) is 5.69 Å². The minimum atomic E-state index is -1.90. The first-order valence-electron chi connectivity index (χ1n) is 10.2. The van der Waals surface area contributed by atoms with E-state index in [4.69, 9.17) is 11.6 Å². The van der Waals surface area contributed by atoms with Gasteiger partial charge in [0.25, 0.3) is 5.91 Å². The fraction of sp³-hybridized carbons (Fsp3) is 0.231. The summed E-state index contributed by atoms with van der Waals surface area (Å²) in [5.41, 5.74) is 3.55. The molecule has 0 fully saturated rings. The molecule has 0 aliphatic carbocycles. The Labute approximate surface area is 187 Å². The number of Topliss-reactive ketones (excluding diaryl/α,β-unsaturated/α-hetero) is 1. The summed E-state index contributed by atoms with van der Waals surface area (Å²) in [4.78, 5) is 28.2. The zero-order chi connectivity index (χ0) is 22.3. The van der Waals surface area contributed by atoms with Crippen LogP contribution in [0.1, 0.15) is 44.6 Å². The number of rotatable bonds is 5. The molecular weight excluding hydrogens is 410 g/mol. The molecule has 1 N–H and O–H groups in total. The number of carbonyl (C=O) groups is 2. The third-order valence-corrected chi connectivity index (χ3v) is 6.30. The molecule has 0 radical (unpaired) electrons. The molecule has 3 aromatic carbocycles. The number of anilines is 1. The second kappa shape index (κ2) is 7.95. The summed E-state index contributed by atoms with van der Waals surface area (Å²) in [5, 5.41) is 12.1. The maximum absolute atomic E-state index is 13.4. The summed E-state index contributed by atoms with van der Waals surface area (Å²) in [7, 11) is 0. The number of benzene rings is 3. The van der Waals surface area contributed by atoms with Gasteiger partial charge in [-0.2, -0.15) is 0 Å². The molecule has 1 atom stereocenters. The van der Waals surface area contributed by atoms with Crippen LogP contribution in [0.2, 0.25) is 5.02 Å². The standard InChI is InChI=1S/C26H24ClNO3/c1-16-12-18(3)21(13-17(16)2)24(29)14-26(31)22-6-4-5-7-23(22)28(25(26)30)15-19-8-10-20(27)11-9-19/h4-13,31H,14-15H2,1-3H3/t26-/m0/s1. The summed E-state index contributed by atoms with van der Waals surface area (Å²) in [6.07, 6.45) is -0.302. The topological polar surface area (TPSA) is 57.6 Å². The van der Waals surface area contributed by atoms with E-state index in [0.29, 0.717) is 21.8 Å². The molecular formula is C26H24ClNO3. The van der Waals surface area contributed by atoms with E-state index in [9.17, 15) is 14.7 Å². The summed E-state index contributed by atoms with van der Waals surface area (Å²) < 4.78 is 0. The second-order valence-electron chi connectivity index (χ2n) is 8.25. The summed E-state index contributed by atoms with van der Waals surface area (Å²) in [6, 6.07) is 18.1. The quantitative estimate of drug-likeness (QED) is 0.557. The largest absolute Gasteiger partial charge is 0.375 e. The predicted molar refractivity (Wildman–Crippen MR) is 123 cm³/mol. The van der Waals surface area contributed by atoms with Gasteiger partial charge in [-0.3, -0.25) is 9.59 Å². The first-order chi connectivity index (χ1) is 14.7. The third-order valence-electron chi connectivity index (χ3n) is 6.05. The maximum Gasteiger partial charge on any atom is 0.264 e. The number of hydrogen-bond acceptors (Lipinski definition) is 3. The normalized spacial score (nSPS) is 17.7. The van der Waals surface area contributed by atoms with E-state index in [-0.39, 0.29) is 18.7 Å². The Morgan fingerprint density at radius 1 is 0.968 bits per heavy atom. The fourth-order valence-corrected chi connectivity index (χ4v) is 4.32. The van der Waals surface area contributed by atoms with Crippen molar-refractivity contribution in [2.45, 2.75) is 39.3 Å². The lowest BCUT2D eigenvalue weighted by Crippen LogP contribution is -2.41. The highest BCUT2D eigenvalue weighted by Gasteiger charge is 2.50. The smallest absolute Gasteiger partial charge is 0.264 e. The van der Waals surface area contributed by atoms with E-state index in [0.717, 1.165) is 22.3 Å². The average molecular weight is 434 g/mol. The number of para-hydroxylation sites is 1. The van der Waals surface area contributed by atoms with Gasteiger partial charge in [0.1, 0.15) is 0 Å². The van der Waals surface area contributed by atoms with Crippen molar-refractivity contribution in [3.63, 3.8) is 0 Å². The summed E-state index contributed by atoms with van der Waals surface area (Å²) >= 11 is 5.97. The van der Waals surface area contributed by atoms with Crippen LogP contribution in [-0.4, -0.2) is 16.8 Å². The van der Waals surface area contributed by atoms with Crippen molar-refractivity contribution in [3.8, 4) is 0 Å². The lowest BCUT2D eigenvalue weighted by molar-refractivity contribution is -0.136. The van der Waals surface area contributed by atoms with Gasteiger partial charge in [-0.15, -0.1) is 0 Å². The number of ketones is 1. The highest BCUT2D eigenvalue weighted by molar-refractivity contribution is 6.30. The molecule has 1 amide bonds. The van der Waals surface area contributed by atoms with Gasteiger partial charge in [0, 0.05) is 16.1 Å². The number of hydrogen-bond donors (Lipinski definition) is 1. The zero-order valence-electron chi connectivity index (χ0n) is 17.8. The van der Waals surface area contributed by atoms with Crippen LogP contribution in [0.3, 0.4) is 0 Å². The van der Waals surface area contributed by atoms with Gasteiger partial charge in [0.15, 0.2) is 11.4 Å². The number of aliphatic hydroxyl groups is 1. The average Bonchev–Trinajstić information content (AvgIpc) is 2.94. The van der Waals surface area contributed by atoms with Gasteiger partial charge >= 0.3 is 0 Å². The van der Waals surface area contributed by atoms with E-state index in [2.05, 4.69) is 0 Å². The van der Waals surface area contributed by atoms with Crippen LogP contribution in [0, 0.1) is 20.8 Å². The Kier molecular flexibility index (Phi) is 5.46. The zero-order valence-corrected chi connectivity index (χ0v) is 18.5. The maximum atomic E-state index is 13.4. The molecule has 4 rings (SSSR count). The highest BCUT2D eigenvalue weighted by atomic mass is 35.5. The van der Waals surface area contributed by atoms with E-state index < -0.39 is 11.5 Å². The summed E-state index contributed by atoms with van der Waals surface area (Å²) in [5.74, 6) is -0.738. The number of fused-ring (bicyclic) bond motifs is 1. The Morgan fingerprint density at radius 2 is 1.61 bits per heavy atom. The number of halogens is 1. The van der Waals surface area contributed by atoms with Gasteiger partial charge in [-0.05, 0) is 67.3 Å². The Morgan fingerprint density at radius 3 is 2.32 bits per heavy atom. The number of carbonyl (C=O) groups excluding carboxylic acids is 2. The molecule has 0 saturated carbocycles. The van der Waals surface area contributed by atoms with E-state index in [1.807, 2.05) is 51.1 Å². The van der Waals surface area contributed by atoms with E-state index >= 15 is 0 Å². The van der Waals surface area contributed by atoms with Crippen molar-refractivity contribution in [1.29, 1.82) is 0 Å². The molecule has 158 valence electrons. The Bertz CT molecular complexity index is 1190. The van der Waals surface area contributed by atoms with Crippen LogP contribution >= 0.6 is 11.6 Å². The Hall–Kier alpha value is -2.95. The van der Waals surface area contributed by atoms with Gasteiger partial charge < -0.3 is 10.0 Å². The molecule has 31 heavy (non-hydrogen) atoms. The molecule has 0 bridgehead atoms. The van der Waals surface area contributed by atoms with Crippen molar-refractivity contribution < 1.29 is 14.7 Å². The monoisotopic (exact) mass is 433 g/mol. The van der Waals surface area contributed by atoms with Gasteiger partial charge in [-0.1, -0.05) is 48.0 Å². The van der Waals surface area contributed by atoms with Gasteiger partial charge in [-0.25, -0.2) is 0 Å². The third kappa shape index (κ3) is 3.78. The Balaban J connectivity index is 1.69. The predicted octanol–water partition coefficient (Wildman–Crippen LogP) is 5.27. The first kappa shape index (κ1) is 21.3. The number of amides is 1. The molecule has 0 unspecified atom stereocenters. The number of aryl methyl sites for hydroxylation is 3. The molecule has 1 aliphatic heterocycles. The van der Waals surface area contributed by atoms with Crippen molar-refractivity contribution in [2.75, 3.05) is 4.90 Å². The van der Waals surface area contributed by atoms with Crippen LogP contribution in [0.15, 0.2) is 60.7 Å². The molecule has 3 aromatic rings. The van der Waals surface area contributed by atoms with Crippen molar-refractivity contribution in [2.24, 2.45) is 0 Å². The minimum Gasteiger partial charge on any atom is -0.375 e. The lowest BCUT2D eigenvalue weighted by Gasteiger charge is -2.23. The molecule has 0 spiro atoms. The highest BCUT2D eigenvalue weighted by Crippen LogP contribution is 2.43. The molecule has 4 nitrogen and oxygen atoms in total. The van der Waals surface area contributed by atoms with Crippen molar-refractivity contribution in [3.05, 3.63) is 99.1 Å². The SMILES string of the molecule is Cc1cc(C)c(C(=O)C[C@@]2(O)C(=O)N(Cc3ccc(Cl)cc3)c3ccccc32)cc1C. The molecule has 5 heteroatoms. The molecule has 1 aliphatic rings. The van der Waals surface area contributed by atoms with Gasteiger partial charge in [0.2, 0.25) is 0 Å². The van der Waals surface area contributed by atoms with Crippen LogP contribution in [0.25, 0.3) is 0 Å². The number of nitrogens with zero attached hydrogens (tertiary/aromatic N) is 1. The van der Waals surface area contributed by atoms with Crippen LogP contribution in [0.5, 0.6) is 0 Å². The second-order valence-corrected chi connectivity index (χ2v) is 8.68. The van der Waals surface area contributed by atoms with Crippen LogP contribution in [-0.2, 0) is 16.9 Å². The first-order valence-corrected chi connectivity index (χ1v) is 10.6. The fourth-order valence-electron chi connectivity index (χ4n) is 4.20. The van der Waals surface area contributed by atoms with E-state index in [1.165, 1.54) is 0 Å². The molecule has 1 heterocycles. The minimum absolute atomic E-state index is 0.250. The van der Waals surface area contributed by atoms with Crippen molar-refractivity contribution in [1.82, 2.24) is 0 Å². The summed E-state index contributed by atoms with van der Waals surface area (Å²) in [6.45, 7) is 6.10. The van der Waals surface area contributed by atoms with Gasteiger partial charge in [0.05, 0.1) is 18.7 Å². The molecule has 0 saturated heterocycles. The molecule has 0 aromatic heterocycles. The van der Waals surface area contributed by atoms with Crippen LogP contribution < -0.4 is 4.90 Å².